The van der Waals surface area contributed by atoms with Crippen LogP contribution in [0, 0.1) is 0 Å². The van der Waals surface area contributed by atoms with Crippen LogP contribution < -0.4 is 0 Å². The molecule has 0 atom stereocenters. The fourth-order valence-electron chi connectivity index (χ4n) is 3.30. The molecule has 166 valence electrons. The van der Waals surface area contributed by atoms with Gasteiger partial charge in [-0.1, -0.05) is 95.6 Å². The Morgan fingerprint density at radius 2 is 0.500 bits per heavy atom. The SMILES string of the molecule is c1ccc(Sc2cccc(Sc3ccc(Sc4cccc(Sc5ccccc5)c4)cc3)c2)cc1. The van der Waals surface area contributed by atoms with Gasteiger partial charge in [0.2, 0.25) is 0 Å². The second kappa shape index (κ2) is 11.8. The quantitative estimate of drug-likeness (QED) is 0.203. The summed E-state index contributed by atoms with van der Waals surface area (Å²) in [6.07, 6.45) is 0. The zero-order chi connectivity index (χ0) is 23.0. The molecule has 0 spiro atoms. The molecule has 0 unspecified atom stereocenters. The molecule has 0 fully saturated rings. The molecule has 5 rings (SSSR count). The zero-order valence-corrected chi connectivity index (χ0v) is 21.6. The summed E-state index contributed by atoms with van der Waals surface area (Å²) in [5, 5.41) is 0. The lowest BCUT2D eigenvalue weighted by Gasteiger charge is -2.08. The van der Waals surface area contributed by atoms with E-state index in [2.05, 4.69) is 133 Å². The highest BCUT2D eigenvalue weighted by Crippen LogP contribution is 2.36. The van der Waals surface area contributed by atoms with Crippen molar-refractivity contribution in [3.8, 4) is 0 Å². The summed E-state index contributed by atoms with van der Waals surface area (Å²) in [6, 6.07) is 47.4. The molecule has 0 aliphatic carbocycles. The van der Waals surface area contributed by atoms with Crippen molar-refractivity contribution in [3.05, 3.63) is 133 Å². The maximum Gasteiger partial charge on any atom is 0.0133 e. The molecule has 0 saturated carbocycles. The van der Waals surface area contributed by atoms with Crippen LogP contribution in [-0.2, 0) is 0 Å². The molecule has 4 heteroatoms. The van der Waals surface area contributed by atoms with E-state index in [9.17, 15) is 0 Å². The molecule has 34 heavy (non-hydrogen) atoms. The lowest BCUT2D eigenvalue weighted by molar-refractivity contribution is 1.29. The summed E-state index contributed by atoms with van der Waals surface area (Å²) >= 11 is 7.21. The van der Waals surface area contributed by atoms with Gasteiger partial charge in [-0.25, -0.2) is 0 Å². The van der Waals surface area contributed by atoms with Crippen LogP contribution in [0.5, 0.6) is 0 Å². The first-order valence-electron chi connectivity index (χ1n) is 10.9. The summed E-state index contributed by atoms with van der Waals surface area (Å²) in [7, 11) is 0. The highest BCUT2D eigenvalue weighted by atomic mass is 32.2. The molecule has 5 aromatic rings. The van der Waals surface area contributed by atoms with Crippen molar-refractivity contribution in [2.45, 2.75) is 39.2 Å². The van der Waals surface area contributed by atoms with Crippen LogP contribution in [0.25, 0.3) is 0 Å². The molecule has 0 radical (unpaired) electrons. The average Bonchev–Trinajstić information content (AvgIpc) is 2.87. The Morgan fingerprint density at radius 1 is 0.235 bits per heavy atom. The summed E-state index contributed by atoms with van der Waals surface area (Å²) < 4.78 is 0. The molecule has 0 saturated heterocycles. The van der Waals surface area contributed by atoms with Crippen molar-refractivity contribution < 1.29 is 0 Å². The van der Waals surface area contributed by atoms with Crippen LogP contribution in [-0.4, -0.2) is 0 Å². The average molecular weight is 511 g/mol. The Morgan fingerprint density at radius 3 is 0.824 bits per heavy atom. The Hall–Kier alpha value is -2.50. The monoisotopic (exact) mass is 510 g/mol. The molecule has 0 aliphatic heterocycles. The molecule has 0 amide bonds. The van der Waals surface area contributed by atoms with Crippen LogP contribution in [0.2, 0.25) is 0 Å². The van der Waals surface area contributed by atoms with E-state index in [1.807, 2.05) is 0 Å². The first-order valence-corrected chi connectivity index (χ1v) is 14.2. The molecule has 0 bridgehead atoms. The first kappa shape index (κ1) is 23.3. The molecule has 5 aromatic carbocycles. The second-order valence-electron chi connectivity index (χ2n) is 7.46. The molecule has 0 N–H and O–H groups in total. The van der Waals surface area contributed by atoms with Gasteiger partial charge in [0.05, 0.1) is 0 Å². The topological polar surface area (TPSA) is 0 Å². The minimum Gasteiger partial charge on any atom is -0.0901 e. The summed E-state index contributed by atoms with van der Waals surface area (Å²) in [4.78, 5) is 10.1. The second-order valence-corrected chi connectivity index (χ2v) is 12.0. The van der Waals surface area contributed by atoms with Gasteiger partial charge < -0.3 is 0 Å². The number of rotatable bonds is 8. The number of benzene rings is 5. The van der Waals surface area contributed by atoms with E-state index in [0.29, 0.717) is 0 Å². The molecular weight excluding hydrogens is 489 g/mol. The molecule has 0 nitrogen and oxygen atoms in total. The Bertz CT molecular complexity index is 1230. The standard InChI is InChI=1S/C30H22S4/c1-3-9-23(10-4-1)31-27-13-7-15-29(21-27)33-25-17-19-26(20-18-25)34-30-16-8-14-28(22-30)32-24-11-5-2-6-12-24/h1-22H. The maximum absolute atomic E-state index is 2.26. The smallest absolute Gasteiger partial charge is 0.0133 e. The van der Waals surface area contributed by atoms with E-state index in [1.54, 1.807) is 47.0 Å². The van der Waals surface area contributed by atoms with E-state index in [-0.39, 0.29) is 0 Å². The molecule has 0 aliphatic rings. The Balaban J connectivity index is 1.22. The predicted octanol–water partition coefficient (Wildman–Crippen LogP) is 10.3. The maximum atomic E-state index is 2.26. The van der Waals surface area contributed by atoms with E-state index in [0.717, 1.165) is 0 Å². The van der Waals surface area contributed by atoms with Crippen molar-refractivity contribution in [2.75, 3.05) is 0 Å². The third-order valence-electron chi connectivity index (χ3n) is 4.86. The van der Waals surface area contributed by atoms with Crippen LogP contribution in [0.3, 0.4) is 0 Å². The van der Waals surface area contributed by atoms with E-state index in [1.165, 1.54) is 39.2 Å². The fourth-order valence-corrected chi connectivity index (χ4v) is 7.00. The minimum atomic E-state index is 1.25. The van der Waals surface area contributed by atoms with Gasteiger partial charge in [0.15, 0.2) is 0 Å². The normalized spacial score (nSPS) is 10.8. The number of hydrogen-bond donors (Lipinski definition) is 0. The lowest BCUT2D eigenvalue weighted by atomic mass is 10.4. The van der Waals surface area contributed by atoms with E-state index in [4.69, 9.17) is 0 Å². The van der Waals surface area contributed by atoms with Crippen molar-refractivity contribution >= 4 is 47.0 Å². The van der Waals surface area contributed by atoms with E-state index >= 15 is 0 Å². The summed E-state index contributed by atoms with van der Waals surface area (Å²) in [5.74, 6) is 0. The Labute approximate surface area is 218 Å². The third-order valence-corrected chi connectivity index (χ3v) is 8.85. The number of hydrogen-bond acceptors (Lipinski definition) is 4. The molecule has 0 aromatic heterocycles. The largest absolute Gasteiger partial charge is 0.0901 e. The minimum absolute atomic E-state index is 1.25. The van der Waals surface area contributed by atoms with Crippen molar-refractivity contribution in [1.29, 1.82) is 0 Å². The van der Waals surface area contributed by atoms with Gasteiger partial charge in [0, 0.05) is 39.2 Å². The fraction of sp³-hybridized carbons (Fsp3) is 0. The van der Waals surface area contributed by atoms with Gasteiger partial charge in [0.25, 0.3) is 0 Å². The molecular formula is C30H22S4. The highest BCUT2D eigenvalue weighted by Gasteiger charge is 2.04. The predicted molar refractivity (Wildman–Crippen MR) is 149 cm³/mol. The van der Waals surface area contributed by atoms with Gasteiger partial charge in [-0.05, 0) is 84.9 Å². The Kier molecular flexibility index (Phi) is 8.05. The van der Waals surface area contributed by atoms with Crippen LogP contribution in [0.15, 0.2) is 173 Å². The van der Waals surface area contributed by atoms with Crippen LogP contribution in [0.1, 0.15) is 0 Å². The van der Waals surface area contributed by atoms with Crippen LogP contribution in [0.4, 0.5) is 0 Å². The van der Waals surface area contributed by atoms with Gasteiger partial charge in [-0.15, -0.1) is 0 Å². The highest BCUT2D eigenvalue weighted by molar-refractivity contribution is 8.00. The molecule has 0 heterocycles. The third kappa shape index (κ3) is 6.77. The van der Waals surface area contributed by atoms with Crippen molar-refractivity contribution in [3.63, 3.8) is 0 Å². The van der Waals surface area contributed by atoms with Gasteiger partial charge in [-0.2, -0.15) is 0 Å². The van der Waals surface area contributed by atoms with Gasteiger partial charge in [-0.3, -0.25) is 0 Å². The van der Waals surface area contributed by atoms with Crippen LogP contribution >= 0.6 is 47.0 Å². The van der Waals surface area contributed by atoms with Crippen molar-refractivity contribution in [1.82, 2.24) is 0 Å². The summed E-state index contributed by atoms with van der Waals surface area (Å²) in [6.45, 7) is 0. The van der Waals surface area contributed by atoms with Crippen molar-refractivity contribution in [2.24, 2.45) is 0 Å². The van der Waals surface area contributed by atoms with Gasteiger partial charge >= 0.3 is 0 Å². The van der Waals surface area contributed by atoms with E-state index < -0.39 is 0 Å². The van der Waals surface area contributed by atoms with Gasteiger partial charge in [0.1, 0.15) is 0 Å². The lowest BCUT2D eigenvalue weighted by Crippen LogP contribution is -1.79. The zero-order valence-electron chi connectivity index (χ0n) is 18.3. The summed E-state index contributed by atoms with van der Waals surface area (Å²) in [5.41, 5.74) is 0. The first-order chi connectivity index (χ1) is 16.8.